The van der Waals surface area contributed by atoms with Gasteiger partial charge in [-0.1, -0.05) is 28.6 Å². The van der Waals surface area contributed by atoms with E-state index in [2.05, 4.69) is 15.4 Å². The molecule has 114 valence electrons. The van der Waals surface area contributed by atoms with Crippen molar-refractivity contribution in [3.05, 3.63) is 58.2 Å². The number of aromatic nitrogens is 3. The van der Waals surface area contributed by atoms with E-state index in [0.717, 1.165) is 27.2 Å². The Balaban J connectivity index is 1.66. The monoisotopic (exact) mass is 318 g/mol. The van der Waals surface area contributed by atoms with Crippen molar-refractivity contribution in [1.29, 1.82) is 0 Å². The minimum absolute atomic E-state index is 0.232. The fourth-order valence-corrected chi connectivity index (χ4v) is 2.88. The zero-order valence-corrected chi connectivity index (χ0v) is 13.1. The number of nitrogens with zero attached hydrogens (tertiary/aromatic N) is 4. The first-order valence-corrected chi connectivity index (χ1v) is 7.62. The Morgan fingerprint density at radius 3 is 2.68 bits per heavy atom. The van der Waals surface area contributed by atoms with Crippen LogP contribution in [0.2, 0.25) is 0 Å². The van der Waals surface area contributed by atoms with Crippen molar-refractivity contribution < 1.29 is 8.91 Å². The van der Waals surface area contributed by atoms with Crippen LogP contribution in [0.4, 0.5) is 9.52 Å². The third kappa shape index (κ3) is 3.48. The molecule has 7 heteroatoms. The van der Waals surface area contributed by atoms with Crippen LogP contribution >= 0.6 is 11.3 Å². The van der Waals surface area contributed by atoms with Gasteiger partial charge in [-0.25, -0.2) is 4.39 Å². The Labute approximate surface area is 131 Å². The fourth-order valence-electron chi connectivity index (χ4n) is 2.05. The van der Waals surface area contributed by atoms with E-state index in [4.69, 9.17) is 4.52 Å². The van der Waals surface area contributed by atoms with E-state index in [1.807, 2.05) is 24.9 Å². The average Bonchev–Trinajstić information content (AvgIpc) is 3.11. The summed E-state index contributed by atoms with van der Waals surface area (Å²) in [6, 6.07) is 8.33. The molecule has 3 aromatic rings. The van der Waals surface area contributed by atoms with Crippen LogP contribution in [-0.2, 0) is 13.0 Å². The molecule has 0 fully saturated rings. The van der Waals surface area contributed by atoms with Crippen molar-refractivity contribution in [2.24, 2.45) is 0 Å². The predicted molar refractivity (Wildman–Crippen MR) is 82.5 cm³/mol. The molecule has 0 saturated heterocycles. The van der Waals surface area contributed by atoms with Crippen molar-refractivity contribution >= 4 is 16.5 Å². The van der Waals surface area contributed by atoms with Crippen molar-refractivity contribution in [2.75, 3.05) is 11.9 Å². The minimum Gasteiger partial charge on any atom is -0.361 e. The molecule has 0 N–H and O–H groups in total. The van der Waals surface area contributed by atoms with Crippen molar-refractivity contribution in [1.82, 2.24) is 15.4 Å². The lowest BCUT2D eigenvalue weighted by molar-refractivity contribution is 0.390. The summed E-state index contributed by atoms with van der Waals surface area (Å²) in [7, 11) is 1.94. The Bertz CT molecular complexity index is 753. The summed E-state index contributed by atoms with van der Waals surface area (Å²) < 4.78 is 18.0. The van der Waals surface area contributed by atoms with E-state index >= 15 is 0 Å². The molecule has 0 aliphatic carbocycles. The summed E-state index contributed by atoms with van der Waals surface area (Å²) in [6.07, 6.45) is 0.648. The largest absolute Gasteiger partial charge is 0.361 e. The van der Waals surface area contributed by atoms with Gasteiger partial charge in [0.1, 0.15) is 22.3 Å². The lowest BCUT2D eigenvalue weighted by Gasteiger charge is -2.12. The number of rotatable bonds is 5. The van der Waals surface area contributed by atoms with Gasteiger partial charge in [0.2, 0.25) is 5.13 Å². The molecule has 0 amide bonds. The number of hydrogen-bond donors (Lipinski definition) is 0. The number of hydrogen-bond acceptors (Lipinski definition) is 6. The van der Waals surface area contributed by atoms with E-state index in [1.165, 1.54) is 23.5 Å². The van der Waals surface area contributed by atoms with Gasteiger partial charge in [0.05, 0.1) is 6.54 Å². The summed E-state index contributed by atoms with van der Waals surface area (Å²) in [5.74, 6) is 0.557. The highest BCUT2D eigenvalue weighted by Gasteiger charge is 2.12. The molecule has 22 heavy (non-hydrogen) atoms. The van der Waals surface area contributed by atoms with Crippen LogP contribution in [0.5, 0.6) is 0 Å². The standard InChI is InChI=1S/C15H15FN4OS/c1-10-7-13(19-21-10)9-20(2)15-18-17-14(22-15)8-11-3-5-12(16)6-4-11/h3-7H,8-9H2,1-2H3. The van der Waals surface area contributed by atoms with Crippen LogP contribution in [0, 0.1) is 12.7 Å². The lowest BCUT2D eigenvalue weighted by Crippen LogP contribution is -2.16. The van der Waals surface area contributed by atoms with Gasteiger partial charge >= 0.3 is 0 Å². The van der Waals surface area contributed by atoms with Crippen LogP contribution in [0.15, 0.2) is 34.9 Å². The Hall–Kier alpha value is -2.28. The maximum atomic E-state index is 12.9. The first kappa shape index (κ1) is 14.6. The van der Waals surface area contributed by atoms with Gasteiger partial charge < -0.3 is 9.42 Å². The average molecular weight is 318 g/mol. The zero-order chi connectivity index (χ0) is 15.5. The van der Waals surface area contributed by atoms with Crippen LogP contribution in [0.3, 0.4) is 0 Å². The maximum absolute atomic E-state index is 12.9. The van der Waals surface area contributed by atoms with Gasteiger partial charge in [0.25, 0.3) is 0 Å². The van der Waals surface area contributed by atoms with Crippen LogP contribution in [0.1, 0.15) is 22.0 Å². The number of aryl methyl sites for hydroxylation is 1. The highest BCUT2D eigenvalue weighted by molar-refractivity contribution is 7.15. The summed E-state index contributed by atoms with van der Waals surface area (Å²) in [5, 5.41) is 14.1. The maximum Gasteiger partial charge on any atom is 0.208 e. The molecule has 0 atom stereocenters. The third-order valence-corrected chi connectivity index (χ3v) is 4.16. The number of halogens is 1. The van der Waals surface area contributed by atoms with Gasteiger partial charge in [-0.15, -0.1) is 10.2 Å². The summed E-state index contributed by atoms with van der Waals surface area (Å²) >= 11 is 1.52. The second-order valence-electron chi connectivity index (χ2n) is 5.07. The molecule has 0 aliphatic heterocycles. The van der Waals surface area contributed by atoms with E-state index in [9.17, 15) is 4.39 Å². The first-order chi connectivity index (χ1) is 10.6. The molecule has 2 aromatic heterocycles. The molecule has 0 spiro atoms. The second-order valence-corrected chi connectivity index (χ2v) is 6.11. The number of anilines is 1. The molecule has 2 heterocycles. The first-order valence-electron chi connectivity index (χ1n) is 6.80. The summed E-state index contributed by atoms with van der Waals surface area (Å²) in [4.78, 5) is 1.98. The Kier molecular flexibility index (Phi) is 4.15. The van der Waals surface area contributed by atoms with Crippen molar-refractivity contribution in [3.63, 3.8) is 0 Å². The van der Waals surface area contributed by atoms with Crippen LogP contribution < -0.4 is 4.90 Å². The molecule has 0 bridgehead atoms. The predicted octanol–water partition coefficient (Wildman–Crippen LogP) is 3.20. The fraction of sp³-hybridized carbons (Fsp3) is 0.267. The van der Waals surface area contributed by atoms with Crippen LogP contribution in [-0.4, -0.2) is 22.4 Å². The summed E-state index contributed by atoms with van der Waals surface area (Å²) in [5.41, 5.74) is 1.87. The molecule has 0 radical (unpaired) electrons. The van der Waals surface area contributed by atoms with Crippen molar-refractivity contribution in [2.45, 2.75) is 19.9 Å². The third-order valence-electron chi connectivity index (χ3n) is 3.13. The quantitative estimate of drug-likeness (QED) is 0.723. The minimum atomic E-state index is -0.232. The normalized spacial score (nSPS) is 10.9. The SMILES string of the molecule is Cc1cc(CN(C)c2nnc(Cc3ccc(F)cc3)s2)no1. The van der Waals surface area contributed by atoms with Gasteiger partial charge in [0, 0.05) is 19.5 Å². The molecule has 0 aliphatic rings. The molecule has 3 rings (SSSR count). The zero-order valence-electron chi connectivity index (χ0n) is 12.3. The Morgan fingerprint density at radius 1 is 1.23 bits per heavy atom. The van der Waals surface area contributed by atoms with E-state index in [1.54, 1.807) is 12.1 Å². The molecular formula is C15H15FN4OS. The van der Waals surface area contributed by atoms with E-state index in [-0.39, 0.29) is 5.82 Å². The lowest BCUT2D eigenvalue weighted by atomic mass is 10.2. The molecule has 0 saturated carbocycles. The summed E-state index contributed by atoms with van der Waals surface area (Å²) in [6.45, 7) is 2.48. The molecule has 0 unspecified atom stereocenters. The molecule has 5 nitrogen and oxygen atoms in total. The van der Waals surface area contributed by atoms with E-state index < -0.39 is 0 Å². The van der Waals surface area contributed by atoms with Gasteiger partial charge in [-0.2, -0.15) is 0 Å². The van der Waals surface area contributed by atoms with Gasteiger partial charge in [0.15, 0.2) is 0 Å². The number of benzene rings is 1. The van der Waals surface area contributed by atoms with Crippen molar-refractivity contribution in [3.8, 4) is 0 Å². The Morgan fingerprint density at radius 2 is 2.00 bits per heavy atom. The van der Waals surface area contributed by atoms with Gasteiger partial charge in [-0.3, -0.25) is 0 Å². The second kappa shape index (κ2) is 6.23. The highest BCUT2D eigenvalue weighted by atomic mass is 32.1. The topological polar surface area (TPSA) is 55.1 Å². The molecule has 1 aromatic carbocycles. The van der Waals surface area contributed by atoms with Crippen LogP contribution in [0.25, 0.3) is 0 Å². The highest BCUT2D eigenvalue weighted by Crippen LogP contribution is 2.22. The smallest absolute Gasteiger partial charge is 0.208 e. The van der Waals surface area contributed by atoms with E-state index in [0.29, 0.717) is 13.0 Å². The van der Waals surface area contributed by atoms with Gasteiger partial charge in [-0.05, 0) is 24.6 Å². The molecular weight excluding hydrogens is 303 g/mol.